The minimum atomic E-state index is 1.12. The SMILES string of the molecule is CCC1=Cc2c(-c3cccc4ccccc34)cc(C)c(C)c2C1. The van der Waals surface area contributed by atoms with Crippen LogP contribution in [-0.4, -0.2) is 0 Å². The van der Waals surface area contributed by atoms with Crippen molar-refractivity contribution in [3.05, 3.63) is 76.4 Å². The van der Waals surface area contributed by atoms with Crippen molar-refractivity contribution in [1.29, 1.82) is 0 Å². The first-order chi connectivity index (χ1) is 11.2. The summed E-state index contributed by atoms with van der Waals surface area (Å²) in [4.78, 5) is 0. The van der Waals surface area contributed by atoms with Crippen molar-refractivity contribution in [3.63, 3.8) is 0 Å². The molecule has 0 nitrogen and oxygen atoms in total. The molecule has 0 aromatic heterocycles. The van der Waals surface area contributed by atoms with Gasteiger partial charge >= 0.3 is 0 Å². The molecule has 23 heavy (non-hydrogen) atoms. The summed E-state index contributed by atoms with van der Waals surface area (Å²) in [5, 5.41) is 2.66. The summed E-state index contributed by atoms with van der Waals surface area (Å²) in [5.41, 5.74) is 10.1. The molecule has 0 spiro atoms. The lowest BCUT2D eigenvalue weighted by molar-refractivity contribution is 1.03. The maximum absolute atomic E-state index is 2.43. The molecule has 0 N–H and O–H groups in total. The van der Waals surface area contributed by atoms with Crippen LogP contribution < -0.4 is 0 Å². The topological polar surface area (TPSA) is 0 Å². The Morgan fingerprint density at radius 3 is 2.52 bits per heavy atom. The number of allylic oxidation sites excluding steroid dienone is 1. The lowest BCUT2D eigenvalue weighted by Crippen LogP contribution is -1.96. The molecule has 0 saturated carbocycles. The van der Waals surface area contributed by atoms with E-state index in [1.807, 2.05) is 0 Å². The molecule has 0 saturated heterocycles. The second kappa shape index (κ2) is 5.38. The number of fused-ring (bicyclic) bond motifs is 2. The van der Waals surface area contributed by atoms with E-state index in [1.54, 1.807) is 5.57 Å². The van der Waals surface area contributed by atoms with Crippen LogP contribution in [0.25, 0.3) is 28.0 Å². The molecular weight excluding hydrogens is 276 g/mol. The van der Waals surface area contributed by atoms with Crippen LogP contribution in [0.3, 0.4) is 0 Å². The largest absolute Gasteiger partial charge is 0.0654 e. The van der Waals surface area contributed by atoms with E-state index in [-0.39, 0.29) is 0 Å². The molecule has 0 fully saturated rings. The van der Waals surface area contributed by atoms with Gasteiger partial charge in [0.05, 0.1) is 0 Å². The third-order valence-electron chi connectivity index (χ3n) is 5.31. The van der Waals surface area contributed by atoms with Crippen LogP contribution in [0.1, 0.15) is 35.6 Å². The van der Waals surface area contributed by atoms with E-state index in [2.05, 4.69) is 75.4 Å². The summed E-state index contributed by atoms with van der Waals surface area (Å²) in [6, 6.07) is 17.7. The van der Waals surface area contributed by atoms with E-state index in [0.29, 0.717) is 0 Å². The van der Waals surface area contributed by atoms with Gasteiger partial charge in [0.2, 0.25) is 0 Å². The molecule has 3 aromatic carbocycles. The van der Waals surface area contributed by atoms with Crippen LogP contribution in [-0.2, 0) is 6.42 Å². The first-order valence-corrected chi connectivity index (χ1v) is 8.49. The average Bonchev–Trinajstić information content (AvgIpc) is 3.02. The maximum Gasteiger partial charge on any atom is -0.00550 e. The van der Waals surface area contributed by atoms with Crippen molar-refractivity contribution in [2.24, 2.45) is 0 Å². The summed E-state index contributed by atoms with van der Waals surface area (Å²) in [7, 11) is 0. The van der Waals surface area contributed by atoms with Crippen LogP contribution in [0.5, 0.6) is 0 Å². The van der Waals surface area contributed by atoms with E-state index < -0.39 is 0 Å². The van der Waals surface area contributed by atoms with E-state index in [9.17, 15) is 0 Å². The first kappa shape index (κ1) is 14.3. The molecule has 0 amide bonds. The van der Waals surface area contributed by atoms with E-state index >= 15 is 0 Å². The van der Waals surface area contributed by atoms with Gasteiger partial charge in [-0.15, -0.1) is 0 Å². The lowest BCUT2D eigenvalue weighted by Gasteiger charge is -2.15. The minimum absolute atomic E-state index is 1.12. The van der Waals surface area contributed by atoms with Crippen molar-refractivity contribution in [3.8, 4) is 11.1 Å². The van der Waals surface area contributed by atoms with Crippen LogP contribution in [0.4, 0.5) is 0 Å². The highest BCUT2D eigenvalue weighted by atomic mass is 14.2. The van der Waals surface area contributed by atoms with Crippen molar-refractivity contribution in [1.82, 2.24) is 0 Å². The zero-order valence-electron chi connectivity index (χ0n) is 14.1. The standard InChI is InChI=1S/C23H22/c1-4-17-13-21-16(3)15(2)12-22(23(21)14-17)20-11-7-9-18-8-5-6-10-19(18)20/h5-12,14H,4,13H2,1-3H3. The van der Waals surface area contributed by atoms with Gasteiger partial charge < -0.3 is 0 Å². The molecular formula is C23H22. The van der Waals surface area contributed by atoms with Gasteiger partial charge in [0, 0.05) is 0 Å². The fourth-order valence-electron chi connectivity index (χ4n) is 3.79. The van der Waals surface area contributed by atoms with Crippen molar-refractivity contribution in [2.75, 3.05) is 0 Å². The van der Waals surface area contributed by atoms with Crippen molar-refractivity contribution < 1.29 is 0 Å². The second-order valence-corrected chi connectivity index (χ2v) is 6.62. The third kappa shape index (κ3) is 2.21. The van der Waals surface area contributed by atoms with Gasteiger partial charge in [0.25, 0.3) is 0 Å². The van der Waals surface area contributed by atoms with Gasteiger partial charge in [-0.1, -0.05) is 67.1 Å². The number of hydrogen-bond donors (Lipinski definition) is 0. The van der Waals surface area contributed by atoms with Gasteiger partial charge in [-0.3, -0.25) is 0 Å². The summed E-state index contributed by atoms with van der Waals surface area (Å²) < 4.78 is 0. The molecule has 3 aromatic rings. The smallest absolute Gasteiger partial charge is 0.00550 e. The molecule has 0 atom stereocenters. The Morgan fingerprint density at radius 2 is 1.70 bits per heavy atom. The molecule has 0 heterocycles. The van der Waals surface area contributed by atoms with Crippen molar-refractivity contribution >= 4 is 16.8 Å². The first-order valence-electron chi connectivity index (χ1n) is 8.49. The summed E-state index contributed by atoms with van der Waals surface area (Å²) >= 11 is 0. The molecule has 4 rings (SSSR count). The number of rotatable bonds is 2. The average molecular weight is 298 g/mol. The van der Waals surface area contributed by atoms with E-state index in [0.717, 1.165) is 12.8 Å². The Kier molecular flexibility index (Phi) is 3.34. The molecule has 0 heteroatoms. The Labute approximate surface area is 138 Å². The fraction of sp³-hybridized carbons (Fsp3) is 0.217. The van der Waals surface area contributed by atoms with Gasteiger partial charge in [-0.25, -0.2) is 0 Å². The normalized spacial score (nSPS) is 13.3. The molecule has 0 unspecified atom stereocenters. The molecule has 114 valence electrons. The van der Waals surface area contributed by atoms with E-state index in [1.165, 1.54) is 44.2 Å². The zero-order chi connectivity index (χ0) is 16.0. The Balaban J connectivity index is 2.05. The van der Waals surface area contributed by atoms with E-state index in [4.69, 9.17) is 0 Å². The molecule has 0 aliphatic heterocycles. The molecule has 1 aliphatic rings. The number of hydrogen-bond acceptors (Lipinski definition) is 0. The lowest BCUT2D eigenvalue weighted by atomic mass is 9.89. The quantitative estimate of drug-likeness (QED) is 0.508. The van der Waals surface area contributed by atoms with Gasteiger partial charge in [-0.05, 0) is 70.8 Å². The third-order valence-corrected chi connectivity index (χ3v) is 5.31. The van der Waals surface area contributed by atoms with Crippen LogP contribution >= 0.6 is 0 Å². The molecule has 1 aliphatic carbocycles. The second-order valence-electron chi connectivity index (χ2n) is 6.62. The van der Waals surface area contributed by atoms with Gasteiger partial charge in [0.1, 0.15) is 0 Å². The fourth-order valence-corrected chi connectivity index (χ4v) is 3.79. The zero-order valence-corrected chi connectivity index (χ0v) is 14.1. The molecule has 0 radical (unpaired) electrons. The maximum atomic E-state index is 2.43. The minimum Gasteiger partial charge on any atom is -0.0654 e. The summed E-state index contributed by atoms with van der Waals surface area (Å²) in [5.74, 6) is 0. The Hall–Kier alpha value is -2.34. The summed E-state index contributed by atoms with van der Waals surface area (Å²) in [6.45, 7) is 6.78. The summed E-state index contributed by atoms with van der Waals surface area (Å²) in [6.07, 6.45) is 4.69. The van der Waals surface area contributed by atoms with Crippen LogP contribution in [0, 0.1) is 13.8 Å². The Bertz CT molecular complexity index is 936. The van der Waals surface area contributed by atoms with Gasteiger partial charge in [0.15, 0.2) is 0 Å². The highest BCUT2D eigenvalue weighted by Gasteiger charge is 2.20. The Morgan fingerprint density at radius 1 is 0.913 bits per heavy atom. The monoisotopic (exact) mass is 298 g/mol. The number of aryl methyl sites for hydroxylation is 1. The van der Waals surface area contributed by atoms with Crippen LogP contribution in [0.2, 0.25) is 0 Å². The predicted molar refractivity (Wildman–Crippen MR) is 101 cm³/mol. The van der Waals surface area contributed by atoms with Crippen molar-refractivity contribution in [2.45, 2.75) is 33.6 Å². The predicted octanol–water partition coefficient (Wildman–Crippen LogP) is 6.47. The van der Waals surface area contributed by atoms with Gasteiger partial charge in [-0.2, -0.15) is 0 Å². The number of benzene rings is 3. The highest BCUT2D eigenvalue weighted by Crippen LogP contribution is 2.40. The van der Waals surface area contributed by atoms with Crippen LogP contribution in [0.15, 0.2) is 54.1 Å². The molecule has 0 bridgehead atoms. The highest BCUT2D eigenvalue weighted by molar-refractivity contribution is 5.99.